The molecule has 1 amide bonds. The second-order valence-electron chi connectivity index (χ2n) is 6.94. The fourth-order valence-corrected chi connectivity index (χ4v) is 4.54. The molecular formula is C20H28N4O4S. The molecule has 1 fully saturated rings. The normalized spacial score (nSPS) is 14.5. The molecule has 0 radical (unpaired) electrons. The van der Waals surface area contributed by atoms with Gasteiger partial charge >= 0.3 is 0 Å². The van der Waals surface area contributed by atoms with Crippen LogP contribution in [0.15, 0.2) is 17.3 Å². The van der Waals surface area contributed by atoms with E-state index in [0.29, 0.717) is 29.0 Å². The van der Waals surface area contributed by atoms with Crippen LogP contribution in [0.5, 0.6) is 17.2 Å². The minimum absolute atomic E-state index is 0.139. The highest BCUT2D eigenvalue weighted by Gasteiger charge is 2.22. The van der Waals surface area contributed by atoms with Crippen molar-refractivity contribution in [3.05, 3.63) is 18.0 Å². The van der Waals surface area contributed by atoms with E-state index in [1.165, 1.54) is 31.0 Å². The van der Waals surface area contributed by atoms with E-state index in [0.717, 1.165) is 23.8 Å². The van der Waals surface area contributed by atoms with Gasteiger partial charge in [0.1, 0.15) is 5.82 Å². The standard InChI is InChI=1S/C20H28N4O4S/c1-13-22-23-20(24(13)15-8-6-5-7-9-15)29-12-18(25)21-14-10-16(26-2)19(28-4)17(11-14)27-3/h10-11,15H,5-9,12H2,1-4H3,(H,21,25). The van der Waals surface area contributed by atoms with Gasteiger partial charge in [0.15, 0.2) is 16.7 Å². The number of benzene rings is 1. The molecule has 0 spiro atoms. The average Bonchev–Trinajstić information content (AvgIpc) is 3.12. The van der Waals surface area contributed by atoms with Gasteiger partial charge < -0.3 is 24.1 Å². The summed E-state index contributed by atoms with van der Waals surface area (Å²) in [6, 6.07) is 3.84. The number of carbonyl (C=O) groups excluding carboxylic acids is 1. The summed E-state index contributed by atoms with van der Waals surface area (Å²) < 4.78 is 18.2. The highest BCUT2D eigenvalue weighted by atomic mass is 32.2. The molecule has 9 heteroatoms. The van der Waals surface area contributed by atoms with E-state index < -0.39 is 0 Å². The van der Waals surface area contributed by atoms with Gasteiger partial charge in [-0.3, -0.25) is 4.79 Å². The SMILES string of the molecule is COc1cc(NC(=O)CSc2nnc(C)n2C2CCCCC2)cc(OC)c1OC. The lowest BCUT2D eigenvalue weighted by Crippen LogP contribution is -2.17. The molecule has 158 valence electrons. The molecule has 1 N–H and O–H groups in total. The first kappa shape index (κ1) is 21.3. The van der Waals surface area contributed by atoms with Crippen LogP contribution in [0.3, 0.4) is 0 Å². The van der Waals surface area contributed by atoms with Crippen molar-refractivity contribution in [1.29, 1.82) is 0 Å². The number of thioether (sulfide) groups is 1. The Hall–Kier alpha value is -2.42. The Labute approximate surface area is 175 Å². The Morgan fingerprint density at radius 2 is 1.76 bits per heavy atom. The predicted octanol–water partition coefficient (Wildman–Crippen LogP) is 3.85. The molecule has 1 aliphatic rings. The molecule has 1 saturated carbocycles. The van der Waals surface area contributed by atoms with Crippen LogP contribution in [0, 0.1) is 6.92 Å². The van der Waals surface area contributed by atoms with Crippen molar-refractivity contribution in [3.8, 4) is 17.2 Å². The summed E-state index contributed by atoms with van der Waals surface area (Å²) in [6.07, 6.45) is 6.04. The summed E-state index contributed by atoms with van der Waals surface area (Å²) >= 11 is 1.41. The van der Waals surface area contributed by atoms with Gasteiger partial charge in [-0.2, -0.15) is 0 Å². The molecule has 8 nitrogen and oxygen atoms in total. The summed E-state index contributed by atoms with van der Waals surface area (Å²) in [4.78, 5) is 12.5. The van der Waals surface area contributed by atoms with Crippen LogP contribution in [0.2, 0.25) is 0 Å². The van der Waals surface area contributed by atoms with Crippen LogP contribution in [-0.2, 0) is 4.79 Å². The molecule has 0 saturated heterocycles. The van der Waals surface area contributed by atoms with Crippen molar-refractivity contribution < 1.29 is 19.0 Å². The van der Waals surface area contributed by atoms with E-state index in [1.807, 2.05) is 6.92 Å². The number of rotatable bonds is 8. The maximum absolute atomic E-state index is 12.5. The maximum atomic E-state index is 12.5. The number of hydrogen-bond donors (Lipinski definition) is 1. The molecule has 1 aromatic carbocycles. The number of aromatic nitrogens is 3. The molecule has 1 aliphatic carbocycles. The van der Waals surface area contributed by atoms with Crippen LogP contribution >= 0.6 is 11.8 Å². The maximum Gasteiger partial charge on any atom is 0.234 e. The van der Waals surface area contributed by atoms with Crippen LogP contribution in [0.25, 0.3) is 0 Å². The summed E-state index contributed by atoms with van der Waals surface area (Å²) in [5.74, 6) is 2.47. The lowest BCUT2D eigenvalue weighted by atomic mass is 9.95. The second-order valence-corrected chi connectivity index (χ2v) is 7.88. The van der Waals surface area contributed by atoms with Crippen molar-refractivity contribution in [3.63, 3.8) is 0 Å². The zero-order valence-corrected chi connectivity index (χ0v) is 18.2. The van der Waals surface area contributed by atoms with Gasteiger partial charge in [0.05, 0.1) is 27.1 Å². The van der Waals surface area contributed by atoms with Crippen LogP contribution in [0.4, 0.5) is 5.69 Å². The number of ether oxygens (including phenoxy) is 3. The van der Waals surface area contributed by atoms with Gasteiger partial charge in [0.2, 0.25) is 11.7 Å². The number of hydrogen-bond acceptors (Lipinski definition) is 7. The summed E-state index contributed by atoms with van der Waals surface area (Å²) in [6.45, 7) is 1.97. The number of methoxy groups -OCH3 is 3. The van der Waals surface area contributed by atoms with Crippen molar-refractivity contribution in [2.45, 2.75) is 50.2 Å². The molecule has 1 heterocycles. The number of nitrogens with one attached hydrogen (secondary N) is 1. The molecule has 0 aliphatic heterocycles. The monoisotopic (exact) mass is 420 g/mol. The molecule has 0 atom stereocenters. The number of anilines is 1. The summed E-state index contributed by atoms with van der Waals surface area (Å²) in [7, 11) is 4.62. The third kappa shape index (κ3) is 4.95. The molecule has 2 aromatic rings. The Balaban J connectivity index is 1.67. The third-order valence-electron chi connectivity index (χ3n) is 5.06. The smallest absolute Gasteiger partial charge is 0.234 e. The first-order valence-electron chi connectivity index (χ1n) is 9.71. The van der Waals surface area contributed by atoms with E-state index in [9.17, 15) is 4.79 Å². The molecule has 0 unspecified atom stereocenters. The minimum Gasteiger partial charge on any atom is -0.493 e. The topological polar surface area (TPSA) is 87.5 Å². The zero-order chi connectivity index (χ0) is 20.8. The lowest BCUT2D eigenvalue weighted by molar-refractivity contribution is -0.113. The Bertz CT molecular complexity index is 824. The van der Waals surface area contributed by atoms with Crippen LogP contribution < -0.4 is 19.5 Å². The highest BCUT2D eigenvalue weighted by molar-refractivity contribution is 7.99. The third-order valence-corrected chi connectivity index (χ3v) is 6.00. The largest absolute Gasteiger partial charge is 0.493 e. The highest BCUT2D eigenvalue weighted by Crippen LogP contribution is 2.40. The van der Waals surface area contributed by atoms with E-state index >= 15 is 0 Å². The van der Waals surface area contributed by atoms with Gasteiger partial charge in [-0.15, -0.1) is 10.2 Å². The minimum atomic E-state index is -0.139. The average molecular weight is 421 g/mol. The van der Waals surface area contributed by atoms with Crippen molar-refractivity contribution in [2.24, 2.45) is 0 Å². The molecular weight excluding hydrogens is 392 g/mol. The van der Waals surface area contributed by atoms with Crippen LogP contribution in [-0.4, -0.2) is 47.8 Å². The van der Waals surface area contributed by atoms with Gasteiger partial charge in [-0.05, 0) is 19.8 Å². The number of carbonyl (C=O) groups is 1. The summed E-state index contributed by atoms with van der Waals surface area (Å²) in [5, 5.41) is 12.2. The number of aryl methyl sites for hydroxylation is 1. The van der Waals surface area contributed by atoms with Crippen molar-refractivity contribution >= 4 is 23.4 Å². The van der Waals surface area contributed by atoms with Crippen molar-refractivity contribution in [1.82, 2.24) is 14.8 Å². The molecule has 3 rings (SSSR count). The van der Waals surface area contributed by atoms with Crippen molar-refractivity contribution in [2.75, 3.05) is 32.4 Å². The number of amides is 1. The lowest BCUT2D eigenvalue weighted by Gasteiger charge is -2.24. The quantitative estimate of drug-likeness (QED) is 0.649. The molecule has 0 bridgehead atoms. The first-order valence-corrected chi connectivity index (χ1v) is 10.7. The van der Waals surface area contributed by atoms with E-state index in [1.54, 1.807) is 33.5 Å². The fraction of sp³-hybridized carbons (Fsp3) is 0.550. The zero-order valence-electron chi connectivity index (χ0n) is 17.4. The molecule has 1 aromatic heterocycles. The molecule has 29 heavy (non-hydrogen) atoms. The summed E-state index contributed by atoms with van der Waals surface area (Å²) in [5.41, 5.74) is 0.579. The second kappa shape index (κ2) is 9.87. The fourth-order valence-electron chi connectivity index (χ4n) is 3.69. The Morgan fingerprint density at radius 3 is 2.34 bits per heavy atom. The van der Waals surface area contributed by atoms with Gasteiger partial charge in [-0.1, -0.05) is 31.0 Å². The first-order chi connectivity index (χ1) is 14.1. The van der Waals surface area contributed by atoms with Gasteiger partial charge in [0, 0.05) is 23.9 Å². The number of nitrogens with zero attached hydrogens (tertiary/aromatic N) is 3. The van der Waals surface area contributed by atoms with E-state index in [-0.39, 0.29) is 11.7 Å². The van der Waals surface area contributed by atoms with E-state index in [2.05, 4.69) is 20.1 Å². The van der Waals surface area contributed by atoms with E-state index in [4.69, 9.17) is 14.2 Å². The van der Waals surface area contributed by atoms with Gasteiger partial charge in [0.25, 0.3) is 0 Å². The Morgan fingerprint density at radius 1 is 1.10 bits per heavy atom. The Kier molecular flexibility index (Phi) is 7.24. The van der Waals surface area contributed by atoms with Gasteiger partial charge in [-0.25, -0.2) is 0 Å². The predicted molar refractivity (Wildman–Crippen MR) is 112 cm³/mol. The van der Waals surface area contributed by atoms with Crippen LogP contribution in [0.1, 0.15) is 44.0 Å².